The van der Waals surface area contributed by atoms with Crippen molar-refractivity contribution in [1.29, 1.82) is 0 Å². The van der Waals surface area contributed by atoms with Gasteiger partial charge in [0.25, 0.3) is 0 Å². The predicted molar refractivity (Wildman–Crippen MR) is 145 cm³/mol. The number of ether oxygens (including phenoxy) is 10. The number of rotatable bonds is 13. The molecular weight excluding hydrogens is 642 g/mol. The van der Waals surface area contributed by atoms with Gasteiger partial charge in [-0.15, -0.1) is 0 Å². The minimum atomic E-state index is -1.85. The average Bonchev–Trinajstić information content (AvgIpc) is 2.91. The first-order chi connectivity index (χ1) is 21.9. The molecule has 0 aromatic heterocycles. The van der Waals surface area contributed by atoms with Crippen LogP contribution in [0.15, 0.2) is 0 Å². The summed E-state index contributed by atoms with van der Waals surface area (Å²) in [6, 6.07) is 0. The lowest BCUT2D eigenvalue weighted by atomic mass is 9.93. The quantitative estimate of drug-likeness (QED) is 0.0971. The molecule has 2 rings (SSSR count). The van der Waals surface area contributed by atoms with Crippen molar-refractivity contribution in [3.05, 3.63) is 10.1 Å². The Kier molecular flexibility index (Phi) is 14.4. The normalized spacial score (nSPS) is 30.1. The van der Waals surface area contributed by atoms with E-state index in [1.807, 2.05) is 0 Å². The Balaban J connectivity index is 2.73. The summed E-state index contributed by atoms with van der Waals surface area (Å²) in [4.78, 5) is 94.9. The minimum Gasteiger partial charge on any atom is -0.463 e. The summed E-state index contributed by atoms with van der Waals surface area (Å²) in [5.41, 5.74) is 0. The number of esters is 7. The van der Waals surface area contributed by atoms with Crippen LogP contribution < -0.4 is 0 Å². The van der Waals surface area contributed by atoms with Gasteiger partial charge in [0.05, 0.1) is 0 Å². The number of hydrogen-bond acceptors (Lipinski definition) is 19. The number of carbonyl (C=O) groups excluding carboxylic acids is 7. The van der Waals surface area contributed by atoms with E-state index in [1.165, 1.54) is 0 Å². The van der Waals surface area contributed by atoms with E-state index < -0.39 is 128 Å². The third-order valence-electron chi connectivity index (χ3n) is 6.35. The smallest absolute Gasteiger partial charge is 0.303 e. The van der Waals surface area contributed by atoms with Crippen LogP contribution in [0.3, 0.4) is 0 Å². The Hall–Kier alpha value is -4.43. The fraction of sp³-hybridized carbons (Fsp3) is 0.741. The van der Waals surface area contributed by atoms with Gasteiger partial charge in [-0.1, -0.05) is 0 Å². The number of nitrogens with zero attached hydrogens (tertiary/aromatic N) is 1. The summed E-state index contributed by atoms with van der Waals surface area (Å²) < 4.78 is 54.8. The highest BCUT2D eigenvalue weighted by Gasteiger charge is 2.58. The molecule has 2 aliphatic heterocycles. The van der Waals surface area contributed by atoms with Crippen LogP contribution in [0.2, 0.25) is 0 Å². The molecule has 0 saturated carbocycles. The van der Waals surface area contributed by atoms with Crippen LogP contribution in [0.25, 0.3) is 0 Å². The van der Waals surface area contributed by atoms with Crippen LogP contribution >= 0.6 is 0 Å². The van der Waals surface area contributed by atoms with Crippen molar-refractivity contribution < 1.29 is 85.9 Å². The van der Waals surface area contributed by atoms with Crippen molar-refractivity contribution in [3.63, 3.8) is 0 Å². The van der Waals surface area contributed by atoms with Crippen LogP contribution in [0.5, 0.6) is 0 Å². The predicted octanol–water partition coefficient (Wildman–Crippen LogP) is -1.07. The van der Waals surface area contributed by atoms with Gasteiger partial charge in [-0.05, 0) is 0 Å². The van der Waals surface area contributed by atoms with E-state index >= 15 is 0 Å². The Morgan fingerprint density at radius 1 is 0.511 bits per heavy atom. The largest absolute Gasteiger partial charge is 0.463 e. The van der Waals surface area contributed by atoms with Crippen LogP contribution in [0.1, 0.15) is 48.5 Å². The number of carbonyl (C=O) groups is 7. The standard InChI is InChI=1S/C27H37NO19/c1-11(29)38-9-19-23(24(42-15(5)33)21(40-13(3)31)18(45-19)8-28(36)37)47-27-26(44-17(7)35)25(43-16(6)34)22(41-14(4)32)20(46-27)10-39-12(2)30/h18-27H,8-10H2,1-7H3/t18-,19+,20+,21-,22+,23+,24+,25-,26+,27+/m0/s1. The van der Waals surface area contributed by atoms with Gasteiger partial charge >= 0.3 is 41.8 Å². The second-order valence-electron chi connectivity index (χ2n) is 10.3. The molecule has 0 amide bonds. The Labute approximate surface area is 267 Å². The van der Waals surface area contributed by atoms with Crippen molar-refractivity contribution >= 4 is 41.8 Å². The monoisotopic (exact) mass is 679 g/mol. The van der Waals surface area contributed by atoms with Crippen molar-refractivity contribution in [2.45, 2.75) is 110 Å². The van der Waals surface area contributed by atoms with Gasteiger partial charge in [0, 0.05) is 53.4 Å². The zero-order chi connectivity index (χ0) is 35.6. The van der Waals surface area contributed by atoms with Crippen molar-refractivity contribution in [2.75, 3.05) is 19.8 Å². The summed E-state index contributed by atoms with van der Waals surface area (Å²) in [6.07, 6.45) is -16.4. The van der Waals surface area contributed by atoms with E-state index in [1.54, 1.807) is 0 Å². The summed E-state index contributed by atoms with van der Waals surface area (Å²) >= 11 is 0. The van der Waals surface area contributed by atoms with Crippen molar-refractivity contribution in [3.8, 4) is 0 Å². The highest BCUT2D eigenvalue weighted by Crippen LogP contribution is 2.35. The molecule has 2 fully saturated rings. The van der Waals surface area contributed by atoms with E-state index in [4.69, 9.17) is 47.4 Å². The molecule has 2 aliphatic rings. The lowest BCUT2D eigenvalue weighted by Gasteiger charge is -2.48. The minimum absolute atomic E-state index is 0.607. The van der Waals surface area contributed by atoms with Gasteiger partial charge in [-0.25, -0.2) is 0 Å². The molecule has 264 valence electrons. The maximum absolute atomic E-state index is 12.3. The van der Waals surface area contributed by atoms with Crippen LogP contribution in [-0.4, -0.2) is 128 Å². The first-order valence-electron chi connectivity index (χ1n) is 14.1. The van der Waals surface area contributed by atoms with Crippen LogP contribution in [-0.2, 0) is 80.9 Å². The Bertz CT molecular complexity index is 1200. The second kappa shape index (κ2) is 17.5. The second-order valence-corrected chi connectivity index (χ2v) is 10.3. The Morgan fingerprint density at radius 2 is 0.872 bits per heavy atom. The number of nitro groups is 1. The summed E-state index contributed by atoms with van der Waals surface area (Å²) in [5.74, 6) is -6.28. The van der Waals surface area contributed by atoms with Crippen molar-refractivity contribution in [2.24, 2.45) is 0 Å². The van der Waals surface area contributed by atoms with Crippen molar-refractivity contribution in [1.82, 2.24) is 0 Å². The Morgan fingerprint density at radius 3 is 1.28 bits per heavy atom. The third kappa shape index (κ3) is 12.0. The van der Waals surface area contributed by atoms with E-state index in [-0.39, 0.29) is 0 Å². The maximum Gasteiger partial charge on any atom is 0.303 e. The molecule has 2 saturated heterocycles. The molecule has 0 radical (unpaired) electrons. The van der Waals surface area contributed by atoms with Gasteiger partial charge in [-0.2, -0.15) is 0 Å². The molecule has 47 heavy (non-hydrogen) atoms. The van der Waals surface area contributed by atoms with Crippen LogP contribution in [0.4, 0.5) is 0 Å². The van der Waals surface area contributed by atoms with Crippen LogP contribution in [0, 0.1) is 10.1 Å². The molecule has 0 bridgehead atoms. The number of hydrogen-bond donors (Lipinski definition) is 0. The first kappa shape index (κ1) is 38.8. The first-order valence-corrected chi connectivity index (χ1v) is 14.1. The lowest BCUT2D eigenvalue weighted by molar-refractivity contribution is -0.499. The summed E-state index contributed by atoms with van der Waals surface area (Å²) in [7, 11) is 0. The van der Waals surface area contributed by atoms with Gasteiger partial charge in [-0.3, -0.25) is 43.7 Å². The molecule has 20 nitrogen and oxygen atoms in total. The highest BCUT2D eigenvalue weighted by atomic mass is 16.8. The molecule has 0 N–H and O–H groups in total. The molecule has 20 heteroatoms. The molecule has 0 aromatic rings. The zero-order valence-electron chi connectivity index (χ0n) is 26.6. The van der Waals surface area contributed by atoms with Gasteiger partial charge in [0.15, 0.2) is 42.9 Å². The van der Waals surface area contributed by atoms with E-state index in [2.05, 4.69) is 0 Å². The lowest BCUT2D eigenvalue weighted by Crippen LogP contribution is -2.67. The van der Waals surface area contributed by atoms with Gasteiger partial charge < -0.3 is 47.4 Å². The van der Waals surface area contributed by atoms with E-state index in [0.717, 1.165) is 48.5 Å². The molecule has 0 aromatic carbocycles. The highest BCUT2D eigenvalue weighted by molar-refractivity contribution is 5.69. The summed E-state index contributed by atoms with van der Waals surface area (Å²) in [6.45, 7) is 4.88. The molecule has 0 spiro atoms. The molecule has 0 unspecified atom stereocenters. The van der Waals surface area contributed by atoms with Gasteiger partial charge in [0.2, 0.25) is 6.54 Å². The van der Waals surface area contributed by atoms with E-state index in [0.29, 0.717) is 0 Å². The van der Waals surface area contributed by atoms with E-state index in [9.17, 15) is 43.7 Å². The SMILES string of the molecule is CC(=O)OC[C@H]1O[C@@H](C[N+](=O)[O-])[C@H](OC(C)=O)[C@@H](OC(C)=O)[C@@H]1O[C@H]1O[C@H](COC(C)=O)[C@@H](OC(C)=O)[C@H](OC(C)=O)[C@H]1OC(C)=O. The maximum atomic E-state index is 12.3. The molecule has 10 atom stereocenters. The molecule has 0 aliphatic carbocycles. The molecule has 2 heterocycles. The topological polar surface area (TPSA) is 255 Å². The fourth-order valence-corrected chi connectivity index (χ4v) is 4.90. The van der Waals surface area contributed by atoms with Gasteiger partial charge in [0.1, 0.15) is 31.5 Å². The zero-order valence-corrected chi connectivity index (χ0v) is 26.6. The average molecular weight is 680 g/mol. The summed E-state index contributed by atoms with van der Waals surface area (Å²) in [5, 5.41) is 11.5. The fourth-order valence-electron chi connectivity index (χ4n) is 4.90. The third-order valence-corrected chi connectivity index (χ3v) is 6.35. The molecular formula is C27H37NO19.